The summed E-state index contributed by atoms with van der Waals surface area (Å²) in [5.74, 6) is 1.02. The van der Waals surface area contributed by atoms with E-state index in [2.05, 4.69) is 22.3 Å². The number of nitrogens with zero attached hydrogens (tertiary/aromatic N) is 3. The fourth-order valence-corrected chi connectivity index (χ4v) is 2.88. The van der Waals surface area contributed by atoms with E-state index in [1.165, 1.54) is 0 Å². The molecule has 2 unspecified atom stereocenters. The molecule has 3 heterocycles. The van der Waals surface area contributed by atoms with Crippen LogP contribution in [-0.2, 0) is 22.4 Å². The SMILES string of the molecule is CCn1ncnc1CC1NCCOC12CCOC2. The minimum absolute atomic E-state index is 0.164. The zero-order valence-corrected chi connectivity index (χ0v) is 10.8. The van der Waals surface area contributed by atoms with Crippen LogP contribution in [0.2, 0.25) is 0 Å². The van der Waals surface area contributed by atoms with Gasteiger partial charge < -0.3 is 14.8 Å². The maximum Gasteiger partial charge on any atom is 0.138 e. The third-order valence-corrected chi connectivity index (χ3v) is 3.92. The first-order valence-corrected chi connectivity index (χ1v) is 6.66. The zero-order chi connectivity index (χ0) is 12.4. The van der Waals surface area contributed by atoms with Gasteiger partial charge in [0.15, 0.2) is 0 Å². The van der Waals surface area contributed by atoms with Crippen molar-refractivity contribution in [3.8, 4) is 0 Å². The summed E-state index contributed by atoms with van der Waals surface area (Å²) in [6.45, 7) is 6.07. The first-order chi connectivity index (χ1) is 8.84. The second kappa shape index (κ2) is 4.95. The summed E-state index contributed by atoms with van der Waals surface area (Å²) >= 11 is 0. The molecule has 0 radical (unpaired) electrons. The summed E-state index contributed by atoms with van der Waals surface area (Å²) in [7, 11) is 0. The predicted octanol–water partition coefficient (Wildman–Crippen LogP) is -0.0120. The van der Waals surface area contributed by atoms with Crippen LogP contribution in [0.15, 0.2) is 6.33 Å². The third kappa shape index (κ3) is 2.04. The molecule has 1 spiro atoms. The standard InChI is InChI=1S/C12H20N4O2/c1-2-16-11(14-9-15-16)7-10-12(3-5-17-8-12)18-6-4-13-10/h9-10,13H,2-8H2,1H3. The van der Waals surface area contributed by atoms with E-state index in [4.69, 9.17) is 9.47 Å². The van der Waals surface area contributed by atoms with Crippen LogP contribution in [0.5, 0.6) is 0 Å². The molecule has 2 aliphatic rings. The summed E-state index contributed by atoms with van der Waals surface area (Å²) in [5.41, 5.74) is -0.164. The molecule has 2 saturated heterocycles. The maximum absolute atomic E-state index is 6.02. The molecule has 6 heteroatoms. The summed E-state index contributed by atoms with van der Waals surface area (Å²) in [5, 5.41) is 7.78. The summed E-state index contributed by atoms with van der Waals surface area (Å²) in [4.78, 5) is 4.35. The highest BCUT2D eigenvalue weighted by atomic mass is 16.6. The Bertz CT molecular complexity index is 401. The molecular formula is C12H20N4O2. The van der Waals surface area contributed by atoms with Gasteiger partial charge in [-0.25, -0.2) is 4.98 Å². The smallest absolute Gasteiger partial charge is 0.138 e. The minimum Gasteiger partial charge on any atom is -0.378 e. The van der Waals surface area contributed by atoms with Gasteiger partial charge in [-0.3, -0.25) is 4.68 Å². The molecule has 100 valence electrons. The molecule has 18 heavy (non-hydrogen) atoms. The summed E-state index contributed by atoms with van der Waals surface area (Å²) in [6.07, 6.45) is 3.43. The summed E-state index contributed by atoms with van der Waals surface area (Å²) in [6, 6.07) is 0.267. The van der Waals surface area contributed by atoms with E-state index in [9.17, 15) is 0 Å². The predicted molar refractivity (Wildman–Crippen MR) is 65.3 cm³/mol. The van der Waals surface area contributed by atoms with Crippen LogP contribution in [0.1, 0.15) is 19.2 Å². The quantitative estimate of drug-likeness (QED) is 0.819. The van der Waals surface area contributed by atoms with Crippen molar-refractivity contribution in [3.63, 3.8) is 0 Å². The van der Waals surface area contributed by atoms with Crippen LogP contribution in [0.3, 0.4) is 0 Å². The average Bonchev–Trinajstić information content (AvgIpc) is 3.02. The van der Waals surface area contributed by atoms with Crippen LogP contribution in [0.25, 0.3) is 0 Å². The number of hydrogen-bond donors (Lipinski definition) is 1. The topological polar surface area (TPSA) is 61.2 Å². The molecule has 1 aromatic rings. The van der Waals surface area contributed by atoms with E-state index in [0.717, 1.165) is 45.0 Å². The molecule has 0 aliphatic carbocycles. The Balaban J connectivity index is 1.77. The third-order valence-electron chi connectivity index (χ3n) is 3.92. The van der Waals surface area contributed by atoms with Crippen molar-refractivity contribution in [1.82, 2.24) is 20.1 Å². The monoisotopic (exact) mass is 252 g/mol. The van der Waals surface area contributed by atoms with E-state index in [0.29, 0.717) is 6.61 Å². The van der Waals surface area contributed by atoms with Gasteiger partial charge in [-0.1, -0.05) is 0 Å². The lowest BCUT2D eigenvalue weighted by molar-refractivity contribution is -0.0976. The van der Waals surface area contributed by atoms with Gasteiger partial charge in [0, 0.05) is 38.6 Å². The van der Waals surface area contributed by atoms with Gasteiger partial charge in [-0.05, 0) is 6.92 Å². The molecule has 2 atom stereocenters. The average molecular weight is 252 g/mol. The minimum atomic E-state index is -0.164. The Kier molecular flexibility index (Phi) is 3.32. The van der Waals surface area contributed by atoms with Crippen molar-refractivity contribution in [3.05, 3.63) is 12.2 Å². The van der Waals surface area contributed by atoms with E-state index in [-0.39, 0.29) is 11.6 Å². The molecule has 0 saturated carbocycles. The number of aromatic nitrogens is 3. The van der Waals surface area contributed by atoms with Crippen LogP contribution < -0.4 is 5.32 Å². The van der Waals surface area contributed by atoms with Crippen molar-refractivity contribution in [1.29, 1.82) is 0 Å². The van der Waals surface area contributed by atoms with Gasteiger partial charge >= 0.3 is 0 Å². The Hall–Kier alpha value is -0.980. The molecule has 0 bridgehead atoms. The number of rotatable bonds is 3. The lowest BCUT2D eigenvalue weighted by Gasteiger charge is -2.40. The van der Waals surface area contributed by atoms with Gasteiger partial charge in [0.25, 0.3) is 0 Å². The molecule has 0 amide bonds. The largest absolute Gasteiger partial charge is 0.378 e. The number of hydrogen-bond acceptors (Lipinski definition) is 5. The van der Waals surface area contributed by atoms with Gasteiger partial charge in [-0.2, -0.15) is 5.10 Å². The second-order valence-corrected chi connectivity index (χ2v) is 4.92. The van der Waals surface area contributed by atoms with Crippen molar-refractivity contribution < 1.29 is 9.47 Å². The van der Waals surface area contributed by atoms with Crippen molar-refractivity contribution in [2.24, 2.45) is 0 Å². The first-order valence-electron chi connectivity index (χ1n) is 6.66. The first kappa shape index (κ1) is 12.1. The molecule has 0 aromatic carbocycles. The van der Waals surface area contributed by atoms with Gasteiger partial charge in [0.2, 0.25) is 0 Å². The molecule has 1 aromatic heterocycles. The Morgan fingerprint density at radius 2 is 2.50 bits per heavy atom. The highest BCUT2D eigenvalue weighted by Crippen LogP contribution is 2.30. The normalized spacial score (nSPS) is 32.2. The zero-order valence-electron chi connectivity index (χ0n) is 10.8. The maximum atomic E-state index is 6.02. The fourth-order valence-electron chi connectivity index (χ4n) is 2.88. The Morgan fingerprint density at radius 3 is 3.28 bits per heavy atom. The van der Waals surface area contributed by atoms with E-state index in [1.54, 1.807) is 6.33 Å². The van der Waals surface area contributed by atoms with Crippen LogP contribution in [0, 0.1) is 0 Å². The highest BCUT2D eigenvalue weighted by molar-refractivity contribution is 5.03. The van der Waals surface area contributed by atoms with Crippen LogP contribution in [0.4, 0.5) is 0 Å². The van der Waals surface area contributed by atoms with E-state index < -0.39 is 0 Å². The number of ether oxygens (including phenoxy) is 2. The molecule has 2 aliphatic heterocycles. The second-order valence-electron chi connectivity index (χ2n) is 4.92. The molecular weight excluding hydrogens is 232 g/mol. The van der Waals surface area contributed by atoms with Gasteiger partial charge in [-0.15, -0.1) is 0 Å². The number of morpholine rings is 1. The van der Waals surface area contributed by atoms with Gasteiger partial charge in [0.1, 0.15) is 17.8 Å². The number of aryl methyl sites for hydroxylation is 1. The van der Waals surface area contributed by atoms with Crippen LogP contribution >= 0.6 is 0 Å². The number of nitrogens with one attached hydrogen (secondary N) is 1. The Morgan fingerprint density at radius 1 is 1.56 bits per heavy atom. The van der Waals surface area contributed by atoms with Crippen molar-refractivity contribution >= 4 is 0 Å². The van der Waals surface area contributed by atoms with Crippen molar-refractivity contribution in [2.75, 3.05) is 26.4 Å². The van der Waals surface area contributed by atoms with E-state index in [1.807, 2.05) is 4.68 Å². The Labute approximate surface area is 107 Å². The van der Waals surface area contributed by atoms with Crippen LogP contribution in [-0.4, -0.2) is 52.8 Å². The summed E-state index contributed by atoms with van der Waals surface area (Å²) < 4.78 is 13.5. The highest BCUT2D eigenvalue weighted by Gasteiger charge is 2.45. The molecule has 3 rings (SSSR count). The molecule has 1 N–H and O–H groups in total. The fraction of sp³-hybridized carbons (Fsp3) is 0.833. The lowest BCUT2D eigenvalue weighted by atomic mass is 9.89. The lowest BCUT2D eigenvalue weighted by Crippen LogP contribution is -2.59. The molecule has 6 nitrogen and oxygen atoms in total. The van der Waals surface area contributed by atoms with E-state index >= 15 is 0 Å². The van der Waals surface area contributed by atoms with Crippen molar-refractivity contribution in [2.45, 2.75) is 38.0 Å². The molecule has 2 fully saturated rings. The van der Waals surface area contributed by atoms with Gasteiger partial charge in [0.05, 0.1) is 13.2 Å².